The lowest BCUT2D eigenvalue weighted by Crippen LogP contribution is -2.54. The van der Waals surface area contributed by atoms with Gasteiger partial charge in [0.1, 0.15) is 6.10 Å². The van der Waals surface area contributed by atoms with Crippen LogP contribution in [-0.2, 0) is 9.53 Å². The highest BCUT2D eigenvalue weighted by molar-refractivity contribution is 6.18. The summed E-state index contributed by atoms with van der Waals surface area (Å²) < 4.78 is 5.60. The fourth-order valence-corrected chi connectivity index (χ4v) is 3.19. The second-order valence-corrected chi connectivity index (χ2v) is 5.74. The van der Waals surface area contributed by atoms with E-state index < -0.39 is 0 Å². The lowest BCUT2D eigenvalue weighted by molar-refractivity contribution is -0.133. The van der Waals surface area contributed by atoms with Crippen LogP contribution in [0, 0.1) is 0 Å². The first-order valence-corrected chi connectivity index (χ1v) is 7.22. The Balaban J connectivity index is 1.91. The Labute approximate surface area is 108 Å². The Morgan fingerprint density at radius 2 is 2.06 bits per heavy atom. The third kappa shape index (κ3) is 3.14. The smallest absolute Gasteiger partial charge is 0.249 e. The van der Waals surface area contributed by atoms with Gasteiger partial charge in [0.25, 0.3) is 0 Å². The molecule has 1 heterocycles. The molecule has 1 aliphatic carbocycles. The maximum absolute atomic E-state index is 12.1. The third-order valence-electron chi connectivity index (χ3n) is 3.98. The van der Waals surface area contributed by atoms with Crippen LogP contribution >= 0.6 is 11.6 Å². The molecule has 1 saturated heterocycles. The summed E-state index contributed by atoms with van der Waals surface area (Å²) in [5.74, 6) is 0.554. The minimum absolute atomic E-state index is 0.0388. The highest BCUT2D eigenvalue weighted by Crippen LogP contribution is 2.30. The van der Waals surface area contributed by atoms with Gasteiger partial charge in [-0.3, -0.25) is 4.79 Å². The topological polar surface area (TPSA) is 38.3 Å². The predicted molar refractivity (Wildman–Crippen MR) is 68.2 cm³/mol. The zero-order valence-electron chi connectivity index (χ0n) is 10.5. The molecule has 3 nitrogen and oxygen atoms in total. The molecule has 4 heteroatoms. The van der Waals surface area contributed by atoms with E-state index in [1.165, 1.54) is 6.42 Å². The molecule has 0 bridgehead atoms. The van der Waals surface area contributed by atoms with Gasteiger partial charge in [0.2, 0.25) is 5.91 Å². The maximum atomic E-state index is 12.1. The number of alkyl halides is 1. The first kappa shape index (κ1) is 13.2. The Kier molecular flexibility index (Phi) is 4.31. The summed E-state index contributed by atoms with van der Waals surface area (Å²) in [6.07, 6.45) is 7.36. The predicted octanol–water partition coefficient (Wildman–Crippen LogP) is 2.61. The molecule has 2 aliphatic rings. The zero-order valence-corrected chi connectivity index (χ0v) is 11.3. The van der Waals surface area contributed by atoms with E-state index >= 15 is 0 Å². The number of hydrogen-bond donors (Lipinski definition) is 1. The lowest BCUT2D eigenvalue weighted by Gasteiger charge is -2.37. The molecule has 0 spiro atoms. The lowest BCUT2D eigenvalue weighted by atomic mass is 9.83. The Bertz CT molecular complexity index is 277. The Morgan fingerprint density at radius 3 is 2.59 bits per heavy atom. The number of carbonyl (C=O) groups excluding carboxylic acids is 1. The summed E-state index contributed by atoms with van der Waals surface area (Å²) in [4.78, 5) is 12.1. The second-order valence-electron chi connectivity index (χ2n) is 5.48. The van der Waals surface area contributed by atoms with E-state index in [1.54, 1.807) is 0 Å². The molecule has 1 N–H and O–H groups in total. The molecule has 1 amide bonds. The Hall–Kier alpha value is -0.280. The van der Waals surface area contributed by atoms with Gasteiger partial charge in [-0.2, -0.15) is 0 Å². The van der Waals surface area contributed by atoms with Crippen LogP contribution < -0.4 is 5.32 Å². The molecule has 0 aromatic rings. The molecule has 98 valence electrons. The van der Waals surface area contributed by atoms with Crippen molar-refractivity contribution in [3.63, 3.8) is 0 Å². The molecule has 1 saturated carbocycles. The molecular formula is C13H22ClNO2. The van der Waals surface area contributed by atoms with E-state index in [-0.39, 0.29) is 23.7 Å². The quantitative estimate of drug-likeness (QED) is 0.792. The van der Waals surface area contributed by atoms with Crippen molar-refractivity contribution in [3.05, 3.63) is 0 Å². The Morgan fingerprint density at radius 1 is 1.35 bits per heavy atom. The van der Waals surface area contributed by atoms with Crippen LogP contribution in [0.25, 0.3) is 0 Å². The standard InChI is InChI=1S/C13H22ClNO2/c1-10-5-6-11(17-10)12(16)15-13(9-14)7-3-2-4-8-13/h10-11H,2-9H2,1H3,(H,15,16). The van der Waals surface area contributed by atoms with E-state index in [4.69, 9.17) is 16.3 Å². The maximum Gasteiger partial charge on any atom is 0.249 e. The van der Waals surface area contributed by atoms with Crippen LogP contribution in [0.5, 0.6) is 0 Å². The summed E-state index contributed by atoms with van der Waals surface area (Å²) in [6, 6.07) is 0. The second kappa shape index (κ2) is 5.57. The number of nitrogens with one attached hydrogen (secondary N) is 1. The van der Waals surface area contributed by atoms with Gasteiger partial charge in [-0.1, -0.05) is 19.3 Å². The number of ether oxygens (including phenoxy) is 1. The highest BCUT2D eigenvalue weighted by atomic mass is 35.5. The van der Waals surface area contributed by atoms with Crippen molar-refractivity contribution in [2.75, 3.05) is 5.88 Å². The van der Waals surface area contributed by atoms with Crippen LogP contribution in [0.4, 0.5) is 0 Å². The molecule has 1 aliphatic heterocycles. The van der Waals surface area contributed by atoms with Crippen LogP contribution in [-0.4, -0.2) is 29.5 Å². The number of carbonyl (C=O) groups is 1. The minimum atomic E-state index is -0.257. The summed E-state index contributed by atoms with van der Waals surface area (Å²) >= 11 is 6.06. The molecule has 0 aromatic heterocycles. The van der Waals surface area contributed by atoms with Crippen LogP contribution in [0.3, 0.4) is 0 Å². The van der Waals surface area contributed by atoms with Crippen molar-refractivity contribution in [2.24, 2.45) is 0 Å². The average molecular weight is 260 g/mol. The fraction of sp³-hybridized carbons (Fsp3) is 0.923. The van der Waals surface area contributed by atoms with Gasteiger partial charge < -0.3 is 10.1 Å². The van der Waals surface area contributed by atoms with E-state index in [0.717, 1.165) is 38.5 Å². The number of rotatable bonds is 3. The minimum Gasteiger partial charge on any atom is -0.365 e. The van der Waals surface area contributed by atoms with E-state index in [2.05, 4.69) is 5.32 Å². The largest absolute Gasteiger partial charge is 0.365 e. The summed E-state index contributed by atoms with van der Waals surface area (Å²) in [5.41, 5.74) is -0.175. The van der Waals surface area contributed by atoms with Crippen LogP contribution in [0.15, 0.2) is 0 Å². The van der Waals surface area contributed by atoms with Gasteiger partial charge in [0.15, 0.2) is 0 Å². The van der Waals surface area contributed by atoms with E-state index in [1.807, 2.05) is 6.92 Å². The molecule has 2 rings (SSSR count). The average Bonchev–Trinajstić information content (AvgIpc) is 2.77. The molecule has 2 fully saturated rings. The highest BCUT2D eigenvalue weighted by Gasteiger charge is 2.36. The van der Waals surface area contributed by atoms with E-state index in [9.17, 15) is 4.79 Å². The van der Waals surface area contributed by atoms with Crippen LogP contribution in [0.1, 0.15) is 51.9 Å². The van der Waals surface area contributed by atoms with Gasteiger partial charge >= 0.3 is 0 Å². The number of amides is 1. The first-order chi connectivity index (χ1) is 8.15. The summed E-state index contributed by atoms with van der Waals surface area (Å²) in [6.45, 7) is 2.02. The monoisotopic (exact) mass is 259 g/mol. The van der Waals surface area contributed by atoms with Gasteiger partial charge in [0, 0.05) is 5.88 Å². The molecule has 0 radical (unpaired) electrons. The molecule has 17 heavy (non-hydrogen) atoms. The fourth-order valence-electron chi connectivity index (χ4n) is 2.86. The normalized spacial score (nSPS) is 32.4. The van der Waals surface area contributed by atoms with Gasteiger partial charge in [-0.05, 0) is 32.6 Å². The zero-order chi connectivity index (χ0) is 12.3. The molecule has 2 unspecified atom stereocenters. The number of hydrogen-bond acceptors (Lipinski definition) is 2. The van der Waals surface area contributed by atoms with Crippen molar-refractivity contribution in [3.8, 4) is 0 Å². The summed E-state index contributed by atoms with van der Waals surface area (Å²) in [7, 11) is 0. The number of halogens is 1. The van der Waals surface area contributed by atoms with Crippen molar-refractivity contribution in [1.82, 2.24) is 5.32 Å². The van der Waals surface area contributed by atoms with Gasteiger partial charge in [-0.25, -0.2) is 0 Å². The van der Waals surface area contributed by atoms with E-state index in [0.29, 0.717) is 5.88 Å². The molecule has 2 atom stereocenters. The van der Waals surface area contributed by atoms with Crippen LogP contribution in [0.2, 0.25) is 0 Å². The molecule has 0 aromatic carbocycles. The van der Waals surface area contributed by atoms with Crippen molar-refractivity contribution in [2.45, 2.75) is 69.6 Å². The van der Waals surface area contributed by atoms with Crippen molar-refractivity contribution in [1.29, 1.82) is 0 Å². The third-order valence-corrected chi connectivity index (χ3v) is 4.49. The van der Waals surface area contributed by atoms with Crippen molar-refractivity contribution < 1.29 is 9.53 Å². The molecular weight excluding hydrogens is 238 g/mol. The summed E-state index contributed by atoms with van der Waals surface area (Å²) in [5, 5.41) is 3.15. The van der Waals surface area contributed by atoms with Crippen molar-refractivity contribution >= 4 is 17.5 Å². The SMILES string of the molecule is CC1CCC(C(=O)NC2(CCl)CCCCC2)O1. The van der Waals surface area contributed by atoms with Gasteiger partial charge in [-0.15, -0.1) is 11.6 Å². The van der Waals surface area contributed by atoms with Gasteiger partial charge in [0.05, 0.1) is 11.6 Å². The first-order valence-electron chi connectivity index (χ1n) is 6.69.